The quantitative estimate of drug-likeness (QED) is 0.558. The zero-order valence-electron chi connectivity index (χ0n) is 9.44. The number of benzene rings is 1. The van der Waals surface area contributed by atoms with E-state index in [9.17, 15) is 4.79 Å². The number of rotatable bonds is 7. The van der Waals surface area contributed by atoms with Gasteiger partial charge in [-0.2, -0.15) is 0 Å². The molecule has 0 unspecified atom stereocenters. The van der Waals surface area contributed by atoms with Crippen molar-refractivity contribution in [3.63, 3.8) is 0 Å². The zero-order chi connectivity index (χ0) is 11.8. The molecule has 2 N–H and O–H groups in total. The normalized spacial score (nSPS) is 10.1. The van der Waals surface area contributed by atoms with Gasteiger partial charge in [-0.25, -0.2) is 0 Å². The van der Waals surface area contributed by atoms with Gasteiger partial charge in [-0.3, -0.25) is 4.79 Å². The van der Waals surface area contributed by atoms with E-state index in [0.717, 1.165) is 0 Å². The number of ether oxygens (including phenoxy) is 2. The molecule has 1 aromatic rings. The molecular formula is C12H17NO3. The van der Waals surface area contributed by atoms with Crippen LogP contribution in [0.2, 0.25) is 0 Å². The summed E-state index contributed by atoms with van der Waals surface area (Å²) in [6, 6.07) is 7.15. The fourth-order valence-electron chi connectivity index (χ4n) is 1.30. The Morgan fingerprint density at radius 1 is 1.38 bits per heavy atom. The first kappa shape index (κ1) is 12.7. The molecule has 0 aliphatic rings. The molecule has 88 valence electrons. The van der Waals surface area contributed by atoms with Crippen LogP contribution in [0.4, 0.5) is 0 Å². The smallest absolute Gasteiger partial charge is 0.192 e. The largest absolute Gasteiger partial charge is 0.493 e. The van der Waals surface area contributed by atoms with E-state index >= 15 is 0 Å². The maximum atomic E-state index is 11.8. The molecule has 16 heavy (non-hydrogen) atoms. The van der Waals surface area contributed by atoms with E-state index < -0.39 is 0 Å². The van der Waals surface area contributed by atoms with E-state index in [1.54, 1.807) is 18.2 Å². The minimum Gasteiger partial charge on any atom is -0.493 e. The molecule has 0 heterocycles. The van der Waals surface area contributed by atoms with E-state index in [4.69, 9.17) is 15.2 Å². The van der Waals surface area contributed by atoms with Crippen molar-refractivity contribution in [1.82, 2.24) is 0 Å². The average Bonchev–Trinajstić information content (AvgIpc) is 2.30. The summed E-state index contributed by atoms with van der Waals surface area (Å²) in [6.45, 7) is 3.27. The van der Waals surface area contributed by atoms with Gasteiger partial charge in [0, 0.05) is 6.54 Å². The molecule has 0 saturated heterocycles. The molecular weight excluding hydrogens is 206 g/mol. The summed E-state index contributed by atoms with van der Waals surface area (Å²) in [7, 11) is 0. The summed E-state index contributed by atoms with van der Waals surface area (Å²) in [5.41, 5.74) is 5.83. The van der Waals surface area contributed by atoms with Gasteiger partial charge in [-0.1, -0.05) is 12.1 Å². The highest BCUT2D eigenvalue weighted by Gasteiger charge is 2.11. The molecule has 4 nitrogen and oxygen atoms in total. The van der Waals surface area contributed by atoms with Crippen LogP contribution in [0.1, 0.15) is 17.3 Å². The predicted molar refractivity (Wildman–Crippen MR) is 61.8 cm³/mol. The highest BCUT2D eigenvalue weighted by Crippen LogP contribution is 2.18. The fourth-order valence-corrected chi connectivity index (χ4v) is 1.30. The number of hydrogen-bond donors (Lipinski definition) is 1. The molecule has 0 saturated carbocycles. The first-order valence-electron chi connectivity index (χ1n) is 5.32. The molecule has 4 heteroatoms. The number of carbonyl (C=O) groups excluding carboxylic acids is 1. The molecule has 0 fully saturated rings. The van der Waals surface area contributed by atoms with E-state index in [2.05, 4.69) is 0 Å². The molecule has 0 aliphatic heterocycles. The number of ketones is 1. The average molecular weight is 223 g/mol. The Morgan fingerprint density at radius 2 is 2.12 bits per heavy atom. The minimum absolute atomic E-state index is 0.0429. The van der Waals surface area contributed by atoms with Crippen LogP contribution in [0.25, 0.3) is 0 Å². The lowest BCUT2D eigenvalue weighted by molar-refractivity contribution is 0.0770. The Bertz CT molecular complexity index is 339. The highest BCUT2D eigenvalue weighted by molar-refractivity contribution is 5.99. The second kappa shape index (κ2) is 6.98. The molecule has 1 aromatic carbocycles. The van der Waals surface area contributed by atoms with Gasteiger partial charge in [0.25, 0.3) is 0 Å². The third-order valence-corrected chi connectivity index (χ3v) is 1.98. The summed E-state index contributed by atoms with van der Waals surface area (Å²) in [6.07, 6.45) is 0. The number of nitrogens with two attached hydrogens (primary N) is 1. The Balaban J connectivity index is 2.66. The topological polar surface area (TPSA) is 61.5 Å². The van der Waals surface area contributed by atoms with Crippen LogP contribution >= 0.6 is 0 Å². The van der Waals surface area contributed by atoms with Crippen molar-refractivity contribution in [2.45, 2.75) is 6.92 Å². The number of hydrogen-bond acceptors (Lipinski definition) is 4. The predicted octanol–water partition coefficient (Wildman–Crippen LogP) is 1.24. The zero-order valence-corrected chi connectivity index (χ0v) is 9.44. The monoisotopic (exact) mass is 223 g/mol. The lowest BCUT2D eigenvalue weighted by Crippen LogP contribution is -2.15. The van der Waals surface area contributed by atoms with E-state index in [1.165, 1.54) is 0 Å². The Morgan fingerprint density at radius 3 is 2.81 bits per heavy atom. The first-order chi connectivity index (χ1) is 7.79. The summed E-state index contributed by atoms with van der Waals surface area (Å²) in [5.74, 6) is 0.517. The van der Waals surface area contributed by atoms with Crippen molar-refractivity contribution >= 4 is 5.78 Å². The van der Waals surface area contributed by atoms with Gasteiger partial charge in [0.1, 0.15) is 12.4 Å². The standard InChI is InChI=1S/C12H17NO3/c1-2-16-12-6-4-3-5-10(12)11(14)9-15-8-7-13/h3-6H,2,7-9,13H2,1H3. The third-order valence-electron chi connectivity index (χ3n) is 1.98. The molecule has 0 aromatic heterocycles. The van der Waals surface area contributed by atoms with Gasteiger partial charge < -0.3 is 15.2 Å². The van der Waals surface area contributed by atoms with Crippen molar-refractivity contribution in [2.24, 2.45) is 5.73 Å². The molecule has 0 aliphatic carbocycles. The van der Waals surface area contributed by atoms with Crippen LogP contribution in [-0.2, 0) is 4.74 Å². The van der Waals surface area contributed by atoms with Crippen LogP contribution in [0.3, 0.4) is 0 Å². The first-order valence-corrected chi connectivity index (χ1v) is 5.32. The molecule has 0 spiro atoms. The lowest BCUT2D eigenvalue weighted by Gasteiger charge is -2.08. The molecule has 0 radical (unpaired) electrons. The second-order valence-electron chi connectivity index (χ2n) is 3.19. The highest BCUT2D eigenvalue weighted by atomic mass is 16.5. The summed E-state index contributed by atoms with van der Waals surface area (Å²) in [4.78, 5) is 11.8. The van der Waals surface area contributed by atoms with Crippen LogP contribution in [0.15, 0.2) is 24.3 Å². The molecule has 0 amide bonds. The fraction of sp³-hybridized carbons (Fsp3) is 0.417. The maximum absolute atomic E-state index is 11.8. The van der Waals surface area contributed by atoms with Crippen molar-refractivity contribution in [3.8, 4) is 5.75 Å². The van der Waals surface area contributed by atoms with Crippen LogP contribution in [0, 0.1) is 0 Å². The van der Waals surface area contributed by atoms with Crippen molar-refractivity contribution in [1.29, 1.82) is 0 Å². The van der Waals surface area contributed by atoms with Crippen LogP contribution in [-0.4, -0.2) is 32.1 Å². The minimum atomic E-state index is -0.0856. The Hall–Kier alpha value is -1.39. The van der Waals surface area contributed by atoms with Gasteiger partial charge in [0.15, 0.2) is 5.78 Å². The summed E-state index contributed by atoms with van der Waals surface area (Å²) in [5, 5.41) is 0. The van der Waals surface area contributed by atoms with Gasteiger partial charge in [-0.15, -0.1) is 0 Å². The van der Waals surface area contributed by atoms with Gasteiger partial charge >= 0.3 is 0 Å². The van der Waals surface area contributed by atoms with E-state index in [0.29, 0.717) is 31.1 Å². The van der Waals surface area contributed by atoms with Crippen LogP contribution in [0.5, 0.6) is 5.75 Å². The van der Waals surface area contributed by atoms with Gasteiger partial charge in [0.05, 0.1) is 18.8 Å². The molecule has 1 rings (SSSR count). The van der Waals surface area contributed by atoms with E-state index in [-0.39, 0.29) is 12.4 Å². The second-order valence-corrected chi connectivity index (χ2v) is 3.19. The van der Waals surface area contributed by atoms with Crippen molar-refractivity contribution in [3.05, 3.63) is 29.8 Å². The maximum Gasteiger partial charge on any atom is 0.192 e. The molecule has 0 atom stereocenters. The number of carbonyl (C=O) groups is 1. The lowest BCUT2D eigenvalue weighted by atomic mass is 10.1. The van der Waals surface area contributed by atoms with Gasteiger partial charge in [-0.05, 0) is 19.1 Å². The summed E-state index contributed by atoms with van der Waals surface area (Å²) >= 11 is 0. The van der Waals surface area contributed by atoms with Crippen molar-refractivity contribution in [2.75, 3.05) is 26.4 Å². The number of para-hydroxylation sites is 1. The SMILES string of the molecule is CCOc1ccccc1C(=O)COCCN. The number of Topliss-reactive ketones (excluding diaryl/α,β-unsaturated/α-hetero) is 1. The Labute approximate surface area is 95.3 Å². The third kappa shape index (κ3) is 3.64. The molecule has 0 bridgehead atoms. The van der Waals surface area contributed by atoms with Crippen LogP contribution < -0.4 is 10.5 Å². The summed E-state index contributed by atoms with van der Waals surface area (Å²) < 4.78 is 10.5. The Kier molecular flexibility index (Phi) is 5.53. The van der Waals surface area contributed by atoms with Gasteiger partial charge in [0.2, 0.25) is 0 Å². The van der Waals surface area contributed by atoms with E-state index in [1.807, 2.05) is 13.0 Å². The van der Waals surface area contributed by atoms with Crippen molar-refractivity contribution < 1.29 is 14.3 Å².